The van der Waals surface area contributed by atoms with Gasteiger partial charge in [0.05, 0.1) is 5.56 Å². The first-order valence-electron chi connectivity index (χ1n) is 5.57. The normalized spacial score (nSPS) is 10.4. The maximum Gasteiger partial charge on any atom is 0.176 e. The van der Waals surface area contributed by atoms with Gasteiger partial charge in [-0.3, -0.25) is 4.98 Å². The molecule has 0 saturated carbocycles. The van der Waals surface area contributed by atoms with Gasteiger partial charge in [0.15, 0.2) is 11.6 Å². The Morgan fingerprint density at radius 3 is 2.33 bits per heavy atom. The molecule has 0 aliphatic heterocycles. The summed E-state index contributed by atoms with van der Waals surface area (Å²) in [5, 5.41) is 3.85. The first kappa shape index (κ1) is 10.5. The lowest BCUT2D eigenvalue weighted by Crippen LogP contribution is -1.88. The predicted molar refractivity (Wildman–Crippen MR) is 69.6 cm³/mol. The molecule has 0 unspecified atom stereocenters. The Kier molecular flexibility index (Phi) is 2.53. The number of benzene rings is 1. The standard InChI is InChI=1S/C14H11N3O/c15-14-12(10-6-8-16-9-7-10)13(18-17-14)11-4-2-1-3-5-11/h1-9H,(H2,15,17). The van der Waals surface area contributed by atoms with Gasteiger partial charge < -0.3 is 10.3 Å². The van der Waals surface area contributed by atoms with E-state index in [1.54, 1.807) is 12.4 Å². The number of nitrogens with zero attached hydrogens (tertiary/aromatic N) is 2. The molecule has 3 aromatic rings. The lowest BCUT2D eigenvalue weighted by atomic mass is 10.0. The van der Waals surface area contributed by atoms with Gasteiger partial charge in [0.1, 0.15) is 0 Å². The van der Waals surface area contributed by atoms with Crippen LogP contribution >= 0.6 is 0 Å². The molecule has 0 aliphatic carbocycles. The minimum atomic E-state index is 0.389. The van der Waals surface area contributed by atoms with Crippen LogP contribution in [-0.4, -0.2) is 10.1 Å². The minimum Gasteiger partial charge on any atom is -0.380 e. The Labute approximate surface area is 104 Å². The topological polar surface area (TPSA) is 64.9 Å². The van der Waals surface area contributed by atoms with Crippen molar-refractivity contribution >= 4 is 5.82 Å². The van der Waals surface area contributed by atoms with Gasteiger partial charge >= 0.3 is 0 Å². The van der Waals surface area contributed by atoms with Crippen molar-refractivity contribution in [3.8, 4) is 22.5 Å². The van der Waals surface area contributed by atoms with E-state index in [0.29, 0.717) is 11.6 Å². The van der Waals surface area contributed by atoms with E-state index in [1.807, 2.05) is 42.5 Å². The van der Waals surface area contributed by atoms with Gasteiger partial charge in [-0.1, -0.05) is 35.5 Å². The van der Waals surface area contributed by atoms with Crippen LogP contribution in [-0.2, 0) is 0 Å². The minimum absolute atomic E-state index is 0.389. The molecule has 0 radical (unpaired) electrons. The molecule has 2 heterocycles. The van der Waals surface area contributed by atoms with Crippen LogP contribution in [0, 0.1) is 0 Å². The molecule has 2 N–H and O–H groups in total. The molecule has 2 aromatic heterocycles. The summed E-state index contributed by atoms with van der Waals surface area (Å²) in [6, 6.07) is 13.5. The van der Waals surface area contributed by atoms with Crippen molar-refractivity contribution in [2.75, 3.05) is 5.73 Å². The Hall–Kier alpha value is -2.62. The number of hydrogen-bond acceptors (Lipinski definition) is 4. The summed E-state index contributed by atoms with van der Waals surface area (Å²) in [4.78, 5) is 4.00. The SMILES string of the molecule is Nc1noc(-c2ccccc2)c1-c1ccncc1. The van der Waals surface area contributed by atoms with E-state index in [4.69, 9.17) is 10.3 Å². The second-order valence-electron chi connectivity index (χ2n) is 3.87. The largest absolute Gasteiger partial charge is 0.380 e. The summed E-state index contributed by atoms with van der Waals surface area (Å²) in [6.07, 6.45) is 3.44. The first-order valence-corrected chi connectivity index (χ1v) is 5.57. The Morgan fingerprint density at radius 2 is 1.61 bits per heavy atom. The third-order valence-corrected chi connectivity index (χ3v) is 2.72. The molecule has 0 bridgehead atoms. The highest BCUT2D eigenvalue weighted by atomic mass is 16.5. The van der Waals surface area contributed by atoms with E-state index >= 15 is 0 Å². The summed E-state index contributed by atoms with van der Waals surface area (Å²) < 4.78 is 5.34. The van der Waals surface area contributed by atoms with Gasteiger partial charge in [-0.2, -0.15) is 0 Å². The molecule has 88 valence electrons. The van der Waals surface area contributed by atoms with Gasteiger partial charge in [0.2, 0.25) is 0 Å². The Bertz CT molecular complexity index is 647. The van der Waals surface area contributed by atoms with Crippen molar-refractivity contribution < 1.29 is 4.52 Å². The van der Waals surface area contributed by atoms with Crippen LogP contribution < -0.4 is 5.73 Å². The fourth-order valence-electron chi connectivity index (χ4n) is 1.89. The fourth-order valence-corrected chi connectivity index (χ4v) is 1.89. The zero-order chi connectivity index (χ0) is 12.4. The molecular weight excluding hydrogens is 226 g/mol. The highest BCUT2D eigenvalue weighted by Crippen LogP contribution is 2.35. The second kappa shape index (κ2) is 4.33. The molecule has 0 fully saturated rings. The van der Waals surface area contributed by atoms with Crippen molar-refractivity contribution in [2.24, 2.45) is 0 Å². The zero-order valence-electron chi connectivity index (χ0n) is 9.58. The summed E-state index contributed by atoms with van der Waals surface area (Å²) in [6.45, 7) is 0. The fraction of sp³-hybridized carbons (Fsp3) is 0. The van der Waals surface area contributed by atoms with Gasteiger partial charge in [0, 0.05) is 18.0 Å². The maximum absolute atomic E-state index is 5.89. The van der Waals surface area contributed by atoms with Crippen molar-refractivity contribution in [3.63, 3.8) is 0 Å². The van der Waals surface area contributed by atoms with Gasteiger partial charge in [-0.15, -0.1) is 0 Å². The van der Waals surface area contributed by atoms with Gasteiger partial charge in [0.25, 0.3) is 0 Å². The van der Waals surface area contributed by atoms with Gasteiger partial charge in [-0.05, 0) is 17.7 Å². The van der Waals surface area contributed by atoms with Crippen molar-refractivity contribution in [1.29, 1.82) is 0 Å². The number of nitrogen functional groups attached to an aromatic ring is 1. The molecule has 0 amide bonds. The van der Waals surface area contributed by atoms with E-state index in [0.717, 1.165) is 16.7 Å². The number of nitrogens with two attached hydrogens (primary N) is 1. The van der Waals surface area contributed by atoms with Crippen LogP contribution in [0.1, 0.15) is 0 Å². The number of aromatic nitrogens is 2. The van der Waals surface area contributed by atoms with E-state index in [2.05, 4.69) is 10.1 Å². The molecule has 3 rings (SSSR count). The summed E-state index contributed by atoms with van der Waals surface area (Å²) in [5.74, 6) is 1.07. The summed E-state index contributed by atoms with van der Waals surface area (Å²) >= 11 is 0. The second-order valence-corrected chi connectivity index (χ2v) is 3.87. The Balaban J connectivity index is 2.19. The number of pyridine rings is 1. The number of rotatable bonds is 2. The smallest absolute Gasteiger partial charge is 0.176 e. The highest BCUT2D eigenvalue weighted by Gasteiger charge is 2.16. The van der Waals surface area contributed by atoms with Crippen molar-refractivity contribution in [3.05, 3.63) is 54.9 Å². The number of hydrogen-bond donors (Lipinski definition) is 1. The summed E-state index contributed by atoms with van der Waals surface area (Å²) in [5.41, 5.74) is 8.59. The molecule has 4 nitrogen and oxygen atoms in total. The first-order chi connectivity index (χ1) is 8.86. The third-order valence-electron chi connectivity index (χ3n) is 2.72. The lowest BCUT2D eigenvalue weighted by Gasteiger charge is -2.01. The van der Waals surface area contributed by atoms with E-state index < -0.39 is 0 Å². The van der Waals surface area contributed by atoms with Crippen LogP contribution in [0.5, 0.6) is 0 Å². The molecule has 0 spiro atoms. The maximum atomic E-state index is 5.89. The third kappa shape index (κ3) is 1.73. The van der Waals surface area contributed by atoms with Crippen LogP contribution in [0.4, 0.5) is 5.82 Å². The quantitative estimate of drug-likeness (QED) is 0.744. The molecule has 18 heavy (non-hydrogen) atoms. The molecule has 0 atom stereocenters. The van der Waals surface area contributed by atoms with Crippen LogP contribution in [0.2, 0.25) is 0 Å². The average Bonchev–Trinajstić information content (AvgIpc) is 2.83. The van der Waals surface area contributed by atoms with E-state index in [9.17, 15) is 0 Å². The highest BCUT2D eigenvalue weighted by molar-refractivity contribution is 5.86. The van der Waals surface area contributed by atoms with Crippen molar-refractivity contribution in [2.45, 2.75) is 0 Å². The molecule has 0 aliphatic rings. The predicted octanol–water partition coefficient (Wildman–Crippen LogP) is 2.99. The van der Waals surface area contributed by atoms with Gasteiger partial charge in [-0.25, -0.2) is 0 Å². The summed E-state index contributed by atoms with van der Waals surface area (Å²) in [7, 11) is 0. The number of anilines is 1. The zero-order valence-corrected chi connectivity index (χ0v) is 9.58. The molecule has 4 heteroatoms. The van der Waals surface area contributed by atoms with Crippen LogP contribution in [0.15, 0.2) is 59.4 Å². The Morgan fingerprint density at radius 1 is 0.889 bits per heavy atom. The van der Waals surface area contributed by atoms with Crippen LogP contribution in [0.3, 0.4) is 0 Å². The average molecular weight is 237 g/mol. The lowest BCUT2D eigenvalue weighted by molar-refractivity contribution is 0.436. The molecule has 0 saturated heterocycles. The van der Waals surface area contributed by atoms with Crippen molar-refractivity contribution in [1.82, 2.24) is 10.1 Å². The molecular formula is C14H11N3O. The monoisotopic (exact) mass is 237 g/mol. The van der Waals surface area contributed by atoms with E-state index in [-0.39, 0.29) is 0 Å². The molecule has 1 aromatic carbocycles. The van der Waals surface area contributed by atoms with E-state index in [1.165, 1.54) is 0 Å². The van der Waals surface area contributed by atoms with Crippen LogP contribution in [0.25, 0.3) is 22.5 Å².